The van der Waals surface area contributed by atoms with Gasteiger partial charge in [0.2, 0.25) is 0 Å². The van der Waals surface area contributed by atoms with E-state index < -0.39 is 112 Å². The number of rotatable bonds is 16. The molecule has 3 rings (SSSR count). The zero-order chi connectivity index (χ0) is 31.7. The van der Waals surface area contributed by atoms with Crippen molar-refractivity contribution < 1.29 is 79.5 Å². The minimum absolute atomic E-state index is 0.166. The van der Waals surface area contributed by atoms with Gasteiger partial charge in [-0.2, -0.15) is 0 Å². The first kappa shape index (κ1) is 36.8. The van der Waals surface area contributed by atoms with Gasteiger partial charge in [-0.15, -0.1) is 0 Å². The molecule has 17 heteroatoms. The number of hydrogen-bond acceptors (Lipinski definition) is 17. The van der Waals surface area contributed by atoms with E-state index in [4.69, 9.17) is 34.2 Å². The van der Waals surface area contributed by atoms with Crippen molar-refractivity contribution in [1.82, 2.24) is 0 Å². The first-order valence-corrected chi connectivity index (χ1v) is 14.8. The second kappa shape index (κ2) is 17.9. The van der Waals surface area contributed by atoms with Crippen LogP contribution >= 0.6 is 0 Å². The van der Waals surface area contributed by atoms with Gasteiger partial charge in [-0.1, -0.05) is 25.7 Å². The highest BCUT2D eigenvalue weighted by Crippen LogP contribution is 2.33. The van der Waals surface area contributed by atoms with Gasteiger partial charge in [-0.25, -0.2) is 0 Å². The Hall–Kier alpha value is -0.680. The molecule has 3 fully saturated rings. The van der Waals surface area contributed by atoms with Gasteiger partial charge in [0, 0.05) is 6.61 Å². The highest BCUT2D eigenvalue weighted by atomic mass is 16.8. The van der Waals surface area contributed by atoms with Crippen molar-refractivity contribution in [3.05, 3.63) is 0 Å². The van der Waals surface area contributed by atoms with E-state index in [9.17, 15) is 51.1 Å². The summed E-state index contributed by atoms with van der Waals surface area (Å²) >= 11 is 0. The lowest BCUT2D eigenvalue weighted by molar-refractivity contribution is -0.393. The first-order chi connectivity index (χ1) is 20.6. The van der Waals surface area contributed by atoms with Crippen LogP contribution in [0.1, 0.15) is 38.5 Å². The molecule has 3 aliphatic rings. The SMILES string of the molecule is NCCCCCCCCO[C@H]1O[C@H](CO)[C@@H](O)[C@H](O)[C@@H]1O[C@H]1O[C@H](CO)[C@@H](O)[C@H](O)[C@@H]1O[C@H]1O[C@H](CO)[C@@H](O)[C@H](O)[C@@H]1O. The van der Waals surface area contributed by atoms with E-state index in [2.05, 4.69) is 0 Å². The standard InChI is InChI=1S/C26H49NO16/c27-7-5-3-1-2-4-6-8-38-25-22(19(35)16(32)13(10-29)40-25)43-26-23(20(36)17(33)14(11-30)41-26)42-24-21(37)18(34)15(31)12(9-28)39-24/h12-26,28-37H,1-11,27H2/t12-,13-,14-,15-,16-,17-,18+,19+,20+,21+,22+,23+,24-,25+,26-/m1/s1. The summed E-state index contributed by atoms with van der Waals surface area (Å²) in [5.74, 6) is 0. The maximum Gasteiger partial charge on any atom is 0.187 e. The van der Waals surface area contributed by atoms with Crippen LogP contribution in [0.4, 0.5) is 0 Å². The van der Waals surface area contributed by atoms with E-state index in [1.165, 1.54) is 0 Å². The lowest BCUT2D eigenvalue weighted by Crippen LogP contribution is -2.67. The molecule has 0 radical (unpaired) electrons. The Balaban J connectivity index is 1.75. The average Bonchev–Trinajstić information content (AvgIpc) is 3.00. The number of ether oxygens (including phenoxy) is 6. The molecule has 12 N–H and O–H groups in total. The van der Waals surface area contributed by atoms with Crippen molar-refractivity contribution in [2.75, 3.05) is 33.0 Å². The van der Waals surface area contributed by atoms with E-state index in [0.717, 1.165) is 32.1 Å². The van der Waals surface area contributed by atoms with Gasteiger partial charge in [0.25, 0.3) is 0 Å². The first-order valence-electron chi connectivity index (χ1n) is 14.8. The fraction of sp³-hybridized carbons (Fsp3) is 1.00. The van der Waals surface area contributed by atoms with Gasteiger partial charge in [0.15, 0.2) is 18.9 Å². The predicted octanol–water partition coefficient (Wildman–Crippen LogP) is -5.25. The van der Waals surface area contributed by atoms with Crippen LogP contribution in [0.25, 0.3) is 0 Å². The summed E-state index contributed by atoms with van der Waals surface area (Å²) in [6.07, 6.45) is -18.9. The number of aliphatic hydroxyl groups is 10. The maximum atomic E-state index is 10.9. The lowest BCUT2D eigenvalue weighted by Gasteiger charge is -2.48. The van der Waals surface area contributed by atoms with Gasteiger partial charge in [0.1, 0.15) is 73.2 Å². The number of aliphatic hydroxyl groups excluding tert-OH is 10. The van der Waals surface area contributed by atoms with E-state index in [1.54, 1.807) is 0 Å². The normalized spacial score (nSPS) is 44.0. The Morgan fingerprint density at radius 1 is 0.465 bits per heavy atom. The number of unbranched alkanes of at least 4 members (excludes halogenated alkanes) is 5. The molecule has 254 valence electrons. The van der Waals surface area contributed by atoms with Crippen LogP contribution < -0.4 is 5.73 Å². The van der Waals surface area contributed by atoms with Crippen molar-refractivity contribution in [2.45, 2.75) is 131 Å². The molecule has 17 nitrogen and oxygen atoms in total. The summed E-state index contributed by atoms with van der Waals surface area (Å²) < 4.78 is 34.0. The predicted molar refractivity (Wildman–Crippen MR) is 142 cm³/mol. The molecule has 15 atom stereocenters. The highest BCUT2D eigenvalue weighted by Gasteiger charge is 2.54. The van der Waals surface area contributed by atoms with Gasteiger partial charge < -0.3 is 85.2 Å². The van der Waals surface area contributed by atoms with Crippen molar-refractivity contribution in [3.63, 3.8) is 0 Å². The monoisotopic (exact) mass is 631 g/mol. The highest BCUT2D eigenvalue weighted by molar-refractivity contribution is 4.96. The Morgan fingerprint density at radius 2 is 0.884 bits per heavy atom. The van der Waals surface area contributed by atoms with Crippen molar-refractivity contribution >= 4 is 0 Å². The van der Waals surface area contributed by atoms with Gasteiger partial charge >= 0.3 is 0 Å². The van der Waals surface area contributed by atoms with Crippen LogP contribution in [-0.2, 0) is 28.4 Å². The summed E-state index contributed by atoms with van der Waals surface area (Å²) in [6.45, 7) is -1.37. The lowest BCUT2D eigenvalue weighted by atomic mass is 9.96. The molecule has 0 spiro atoms. The Labute approximate surface area is 249 Å². The van der Waals surface area contributed by atoms with Gasteiger partial charge in [-0.3, -0.25) is 0 Å². The Kier molecular flexibility index (Phi) is 15.3. The second-order valence-electron chi connectivity index (χ2n) is 11.1. The van der Waals surface area contributed by atoms with Crippen molar-refractivity contribution in [1.29, 1.82) is 0 Å². The molecule has 3 heterocycles. The zero-order valence-electron chi connectivity index (χ0n) is 23.9. The summed E-state index contributed by atoms with van der Waals surface area (Å²) in [5.41, 5.74) is 5.51. The van der Waals surface area contributed by atoms with Gasteiger partial charge in [0.05, 0.1) is 19.8 Å². The van der Waals surface area contributed by atoms with Crippen LogP contribution in [0.15, 0.2) is 0 Å². The van der Waals surface area contributed by atoms with Crippen LogP contribution in [0.2, 0.25) is 0 Å². The van der Waals surface area contributed by atoms with Crippen LogP contribution in [0.5, 0.6) is 0 Å². The van der Waals surface area contributed by atoms with Crippen LogP contribution in [-0.4, -0.2) is 176 Å². The minimum Gasteiger partial charge on any atom is -0.394 e. The number of hydrogen-bond donors (Lipinski definition) is 11. The molecule has 0 saturated carbocycles. The van der Waals surface area contributed by atoms with Crippen LogP contribution in [0.3, 0.4) is 0 Å². The summed E-state index contributed by atoms with van der Waals surface area (Å²) in [4.78, 5) is 0. The molecular formula is C26H49NO16. The van der Waals surface area contributed by atoms with E-state index in [1.807, 2.05) is 0 Å². The molecule has 0 bridgehead atoms. The quantitative estimate of drug-likeness (QED) is 0.0710. The van der Waals surface area contributed by atoms with Crippen molar-refractivity contribution in [2.24, 2.45) is 5.73 Å². The average molecular weight is 632 g/mol. The van der Waals surface area contributed by atoms with E-state index in [0.29, 0.717) is 13.0 Å². The second-order valence-corrected chi connectivity index (χ2v) is 11.1. The molecule has 43 heavy (non-hydrogen) atoms. The third-order valence-electron chi connectivity index (χ3n) is 7.96. The molecule has 0 unspecified atom stereocenters. The summed E-state index contributed by atoms with van der Waals surface area (Å²) in [6, 6.07) is 0. The molecule has 3 aliphatic heterocycles. The molecule has 3 saturated heterocycles. The molecule has 0 aromatic heterocycles. The molecular weight excluding hydrogens is 582 g/mol. The molecule has 0 aromatic rings. The molecule has 0 aliphatic carbocycles. The third-order valence-corrected chi connectivity index (χ3v) is 7.96. The zero-order valence-corrected chi connectivity index (χ0v) is 23.9. The number of nitrogens with two attached hydrogens (primary N) is 1. The Morgan fingerprint density at radius 3 is 1.42 bits per heavy atom. The van der Waals surface area contributed by atoms with Crippen molar-refractivity contribution in [3.8, 4) is 0 Å². The van der Waals surface area contributed by atoms with Gasteiger partial charge in [-0.05, 0) is 19.4 Å². The topological polar surface area (TPSA) is 284 Å². The summed E-state index contributed by atoms with van der Waals surface area (Å²) in [5, 5.41) is 102. The summed E-state index contributed by atoms with van der Waals surface area (Å²) in [7, 11) is 0. The minimum atomic E-state index is -1.87. The fourth-order valence-corrected chi connectivity index (χ4v) is 5.29. The fourth-order valence-electron chi connectivity index (χ4n) is 5.29. The largest absolute Gasteiger partial charge is 0.394 e. The van der Waals surface area contributed by atoms with Crippen LogP contribution in [0, 0.1) is 0 Å². The third kappa shape index (κ3) is 9.20. The maximum absolute atomic E-state index is 10.9. The smallest absolute Gasteiger partial charge is 0.187 e. The molecule has 0 amide bonds. The van der Waals surface area contributed by atoms with E-state index in [-0.39, 0.29) is 6.61 Å². The Bertz CT molecular complexity index is 783. The molecule has 0 aromatic carbocycles. The van der Waals surface area contributed by atoms with E-state index >= 15 is 0 Å².